The highest BCUT2D eigenvalue weighted by Crippen LogP contribution is 2.26. The molecular weight excluding hydrogens is 268 g/mol. The molecule has 0 aromatic heterocycles. The number of sulfonamides is 1. The van der Waals surface area contributed by atoms with Gasteiger partial charge in [0.25, 0.3) is 0 Å². The zero-order chi connectivity index (χ0) is 14.0. The fourth-order valence-electron chi connectivity index (χ4n) is 2.11. The molecular formula is C12H12N2O4S. The average molecular weight is 280 g/mol. The van der Waals surface area contributed by atoms with Crippen molar-refractivity contribution in [3.05, 3.63) is 29.8 Å². The van der Waals surface area contributed by atoms with Gasteiger partial charge in [-0.3, -0.25) is 4.79 Å². The second-order valence-corrected chi connectivity index (χ2v) is 6.14. The molecule has 1 aliphatic heterocycles. The molecule has 0 aliphatic carbocycles. The summed E-state index contributed by atoms with van der Waals surface area (Å²) in [5.74, 6) is -1.13. The monoisotopic (exact) mass is 280 g/mol. The number of hydrogen-bond donors (Lipinski definition) is 1. The molecule has 1 N–H and O–H groups in total. The normalized spacial score (nSPS) is 20.1. The van der Waals surface area contributed by atoms with E-state index in [2.05, 4.69) is 0 Å². The number of rotatable bonds is 3. The lowest BCUT2D eigenvalue weighted by Crippen LogP contribution is -2.40. The number of carboxylic acids is 1. The number of nitrogens with zero attached hydrogens (tertiary/aromatic N) is 2. The Balaban J connectivity index is 2.36. The predicted octanol–water partition coefficient (Wildman–Crippen LogP) is 0.796. The second-order valence-electron chi connectivity index (χ2n) is 4.25. The molecule has 0 radical (unpaired) electrons. The second kappa shape index (κ2) is 4.99. The molecule has 1 aromatic rings. The molecule has 19 heavy (non-hydrogen) atoms. The summed E-state index contributed by atoms with van der Waals surface area (Å²) in [7, 11) is -3.81. The molecule has 1 atom stereocenters. The van der Waals surface area contributed by atoms with Gasteiger partial charge in [0.1, 0.15) is 6.04 Å². The Hall–Kier alpha value is -1.91. The van der Waals surface area contributed by atoms with Crippen LogP contribution in [0.3, 0.4) is 0 Å². The Labute approximate surface area is 110 Å². The molecule has 6 nitrogen and oxygen atoms in total. The van der Waals surface area contributed by atoms with Crippen molar-refractivity contribution in [2.75, 3.05) is 6.54 Å². The number of carboxylic acid groups (broad SMARTS) is 1. The fourth-order valence-corrected chi connectivity index (χ4v) is 3.76. The lowest BCUT2D eigenvalue weighted by molar-refractivity contribution is -0.140. The Morgan fingerprint density at radius 2 is 2.00 bits per heavy atom. The van der Waals surface area contributed by atoms with Crippen molar-refractivity contribution in [1.29, 1.82) is 5.26 Å². The van der Waals surface area contributed by atoms with Crippen molar-refractivity contribution in [2.45, 2.75) is 23.8 Å². The minimum Gasteiger partial charge on any atom is -0.480 e. The van der Waals surface area contributed by atoms with Gasteiger partial charge in [-0.2, -0.15) is 9.57 Å². The van der Waals surface area contributed by atoms with Gasteiger partial charge in [-0.15, -0.1) is 0 Å². The van der Waals surface area contributed by atoms with E-state index in [1.165, 1.54) is 24.3 Å². The molecule has 1 fully saturated rings. The summed E-state index contributed by atoms with van der Waals surface area (Å²) in [6.07, 6.45) is 0.858. The van der Waals surface area contributed by atoms with E-state index in [0.29, 0.717) is 18.4 Å². The van der Waals surface area contributed by atoms with Crippen LogP contribution < -0.4 is 0 Å². The Bertz CT molecular complexity index is 631. The van der Waals surface area contributed by atoms with Crippen LogP contribution in [0.5, 0.6) is 0 Å². The van der Waals surface area contributed by atoms with Crippen LogP contribution >= 0.6 is 0 Å². The number of hydrogen-bond acceptors (Lipinski definition) is 4. The maximum atomic E-state index is 12.3. The van der Waals surface area contributed by atoms with Gasteiger partial charge >= 0.3 is 5.97 Å². The minimum absolute atomic E-state index is 0.0136. The first-order chi connectivity index (χ1) is 8.96. The molecule has 2 rings (SSSR count). The van der Waals surface area contributed by atoms with Crippen molar-refractivity contribution in [3.8, 4) is 6.07 Å². The predicted molar refractivity (Wildman–Crippen MR) is 65.7 cm³/mol. The summed E-state index contributed by atoms with van der Waals surface area (Å²) in [5, 5.41) is 17.7. The van der Waals surface area contributed by atoms with E-state index in [-0.39, 0.29) is 11.4 Å². The van der Waals surface area contributed by atoms with E-state index in [0.717, 1.165) is 4.31 Å². The van der Waals surface area contributed by atoms with Crippen LogP contribution in [0.25, 0.3) is 0 Å². The van der Waals surface area contributed by atoms with Gasteiger partial charge in [-0.25, -0.2) is 8.42 Å². The lowest BCUT2D eigenvalue weighted by Gasteiger charge is -2.20. The van der Waals surface area contributed by atoms with E-state index < -0.39 is 22.0 Å². The van der Waals surface area contributed by atoms with Gasteiger partial charge in [0.2, 0.25) is 10.0 Å². The van der Waals surface area contributed by atoms with Gasteiger partial charge in [-0.05, 0) is 37.1 Å². The first-order valence-electron chi connectivity index (χ1n) is 5.71. The van der Waals surface area contributed by atoms with Crippen molar-refractivity contribution in [2.24, 2.45) is 0 Å². The van der Waals surface area contributed by atoms with Crippen molar-refractivity contribution >= 4 is 16.0 Å². The van der Waals surface area contributed by atoms with Gasteiger partial charge in [-0.1, -0.05) is 0 Å². The third-order valence-corrected chi connectivity index (χ3v) is 5.00. The summed E-state index contributed by atoms with van der Waals surface area (Å²) in [4.78, 5) is 11.1. The van der Waals surface area contributed by atoms with Crippen LogP contribution in [-0.2, 0) is 14.8 Å². The van der Waals surface area contributed by atoms with Gasteiger partial charge < -0.3 is 5.11 Å². The van der Waals surface area contributed by atoms with Crippen LogP contribution in [0.15, 0.2) is 29.2 Å². The van der Waals surface area contributed by atoms with E-state index in [4.69, 9.17) is 10.4 Å². The lowest BCUT2D eigenvalue weighted by atomic mass is 10.2. The van der Waals surface area contributed by atoms with E-state index in [1.54, 1.807) is 0 Å². The van der Waals surface area contributed by atoms with Crippen molar-refractivity contribution in [3.63, 3.8) is 0 Å². The maximum absolute atomic E-state index is 12.3. The zero-order valence-corrected chi connectivity index (χ0v) is 10.8. The highest BCUT2D eigenvalue weighted by atomic mass is 32.2. The van der Waals surface area contributed by atoms with Crippen LogP contribution in [0, 0.1) is 11.3 Å². The van der Waals surface area contributed by atoms with Crippen LogP contribution in [0.1, 0.15) is 18.4 Å². The number of nitriles is 1. The first-order valence-corrected chi connectivity index (χ1v) is 7.15. The molecule has 100 valence electrons. The van der Waals surface area contributed by atoms with Crippen LogP contribution in [0.2, 0.25) is 0 Å². The van der Waals surface area contributed by atoms with E-state index in [9.17, 15) is 13.2 Å². The largest absolute Gasteiger partial charge is 0.480 e. The molecule has 7 heteroatoms. The number of benzene rings is 1. The summed E-state index contributed by atoms with van der Waals surface area (Å²) in [6.45, 7) is 0.208. The molecule has 1 saturated heterocycles. The Morgan fingerprint density at radius 3 is 2.53 bits per heavy atom. The third kappa shape index (κ3) is 2.45. The molecule has 1 aromatic carbocycles. The molecule has 0 spiro atoms. The Kier molecular flexibility index (Phi) is 3.55. The van der Waals surface area contributed by atoms with Crippen LogP contribution in [-0.4, -0.2) is 36.4 Å². The highest BCUT2D eigenvalue weighted by Gasteiger charge is 2.39. The number of carbonyl (C=O) groups is 1. The summed E-state index contributed by atoms with van der Waals surface area (Å²) < 4.78 is 25.7. The average Bonchev–Trinajstić information content (AvgIpc) is 2.89. The SMILES string of the molecule is N#Cc1ccc(S(=O)(=O)N2CCC[C@H]2C(=O)O)cc1. The van der Waals surface area contributed by atoms with Gasteiger partial charge in [0, 0.05) is 6.54 Å². The maximum Gasteiger partial charge on any atom is 0.322 e. The summed E-state index contributed by atoms with van der Waals surface area (Å²) in [6, 6.07) is 6.35. The minimum atomic E-state index is -3.81. The van der Waals surface area contributed by atoms with Gasteiger partial charge in [0.15, 0.2) is 0 Å². The van der Waals surface area contributed by atoms with Crippen LogP contribution in [0.4, 0.5) is 0 Å². The molecule has 0 unspecified atom stereocenters. The number of aliphatic carboxylic acids is 1. The first kappa shape index (κ1) is 13.5. The third-order valence-electron chi connectivity index (χ3n) is 3.08. The molecule has 1 aliphatic rings. The van der Waals surface area contributed by atoms with Crippen molar-refractivity contribution in [1.82, 2.24) is 4.31 Å². The zero-order valence-electron chi connectivity index (χ0n) is 9.98. The topological polar surface area (TPSA) is 98.5 Å². The van der Waals surface area contributed by atoms with Crippen molar-refractivity contribution < 1.29 is 18.3 Å². The quantitative estimate of drug-likeness (QED) is 0.882. The summed E-state index contributed by atoms with van der Waals surface area (Å²) >= 11 is 0. The summed E-state index contributed by atoms with van der Waals surface area (Å²) in [5.41, 5.74) is 0.357. The van der Waals surface area contributed by atoms with Gasteiger partial charge in [0.05, 0.1) is 16.5 Å². The smallest absolute Gasteiger partial charge is 0.322 e. The molecule has 1 heterocycles. The Morgan fingerprint density at radius 1 is 1.37 bits per heavy atom. The van der Waals surface area contributed by atoms with E-state index in [1.807, 2.05) is 6.07 Å². The highest BCUT2D eigenvalue weighted by molar-refractivity contribution is 7.89. The standard InChI is InChI=1S/C12H12N2O4S/c13-8-9-3-5-10(6-4-9)19(17,18)14-7-1-2-11(14)12(15)16/h3-6,11H,1-2,7H2,(H,15,16)/t11-/m0/s1. The fraction of sp³-hybridized carbons (Fsp3) is 0.333. The molecule has 0 amide bonds. The molecule has 0 bridgehead atoms. The van der Waals surface area contributed by atoms with E-state index >= 15 is 0 Å². The molecule has 0 saturated carbocycles.